The van der Waals surface area contributed by atoms with E-state index in [1.807, 2.05) is 19.9 Å². The molecule has 0 bridgehead atoms. The van der Waals surface area contributed by atoms with Crippen LogP contribution in [0.25, 0.3) is 0 Å². The Hall–Kier alpha value is -1.92. The predicted octanol–water partition coefficient (Wildman–Crippen LogP) is 2.91. The SMILES string of the molecule is CC[C@H](C)N1C(=O)[C@@H]2[C@H](CC(C)C)N[C@@]3(C(=O)Nc4c(Cl)cccc43)[C@H]2C1=O. The van der Waals surface area contributed by atoms with Gasteiger partial charge in [-0.2, -0.15) is 0 Å². The third-order valence-corrected chi connectivity index (χ3v) is 6.81. The number of hydrogen-bond donors (Lipinski definition) is 2. The van der Waals surface area contributed by atoms with Crippen LogP contribution in [0.5, 0.6) is 0 Å². The van der Waals surface area contributed by atoms with Crippen molar-refractivity contribution in [1.82, 2.24) is 10.2 Å². The number of benzene rings is 1. The Bertz CT molecular complexity index is 870. The first kappa shape index (κ1) is 19.4. The van der Waals surface area contributed by atoms with Crippen LogP contribution in [0.3, 0.4) is 0 Å². The van der Waals surface area contributed by atoms with Gasteiger partial charge in [0.1, 0.15) is 5.54 Å². The van der Waals surface area contributed by atoms with Gasteiger partial charge < -0.3 is 5.32 Å². The number of rotatable bonds is 4. The van der Waals surface area contributed by atoms with Gasteiger partial charge in [0, 0.05) is 17.6 Å². The molecule has 1 spiro atoms. The van der Waals surface area contributed by atoms with E-state index in [2.05, 4.69) is 24.5 Å². The van der Waals surface area contributed by atoms with Crippen molar-refractivity contribution in [3.8, 4) is 0 Å². The Morgan fingerprint density at radius 1 is 1.18 bits per heavy atom. The van der Waals surface area contributed by atoms with Crippen LogP contribution in [0.4, 0.5) is 5.69 Å². The molecule has 0 aliphatic carbocycles. The van der Waals surface area contributed by atoms with Gasteiger partial charge in [0.25, 0.3) is 0 Å². The molecule has 0 aromatic heterocycles. The average molecular weight is 404 g/mol. The quantitative estimate of drug-likeness (QED) is 0.757. The summed E-state index contributed by atoms with van der Waals surface area (Å²) in [5.74, 6) is -1.70. The van der Waals surface area contributed by atoms with E-state index in [1.165, 1.54) is 4.90 Å². The number of fused-ring (bicyclic) bond motifs is 4. The zero-order valence-electron chi connectivity index (χ0n) is 16.6. The summed E-state index contributed by atoms with van der Waals surface area (Å²) in [7, 11) is 0. The molecular weight excluding hydrogens is 378 g/mol. The fourth-order valence-corrected chi connectivity index (χ4v) is 5.36. The first-order valence-electron chi connectivity index (χ1n) is 9.99. The van der Waals surface area contributed by atoms with Crippen molar-refractivity contribution in [3.63, 3.8) is 0 Å². The second-order valence-electron chi connectivity index (χ2n) is 8.61. The Morgan fingerprint density at radius 3 is 2.54 bits per heavy atom. The molecule has 4 rings (SSSR count). The molecule has 6 nitrogen and oxygen atoms in total. The molecule has 1 aromatic carbocycles. The van der Waals surface area contributed by atoms with E-state index in [4.69, 9.17) is 11.6 Å². The topological polar surface area (TPSA) is 78.5 Å². The van der Waals surface area contributed by atoms with Gasteiger partial charge in [-0.05, 0) is 31.7 Å². The van der Waals surface area contributed by atoms with Crippen molar-refractivity contribution in [3.05, 3.63) is 28.8 Å². The molecule has 7 heteroatoms. The van der Waals surface area contributed by atoms with Crippen LogP contribution < -0.4 is 10.6 Å². The lowest BCUT2D eigenvalue weighted by molar-refractivity contribution is -0.145. The summed E-state index contributed by atoms with van der Waals surface area (Å²) in [5, 5.41) is 6.73. The second kappa shape index (κ2) is 6.56. The van der Waals surface area contributed by atoms with Crippen molar-refractivity contribution in [1.29, 1.82) is 0 Å². The number of imide groups is 1. The zero-order valence-corrected chi connectivity index (χ0v) is 17.3. The Labute approximate surface area is 170 Å². The number of para-hydroxylation sites is 1. The minimum Gasteiger partial charge on any atom is -0.323 e. The monoisotopic (exact) mass is 403 g/mol. The lowest BCUT2D eigenvalue weighted by Crippen LogP contribution is -2.54. The van der Waals surface area contributed by atoms with Gasteiger partial charge in [0.15, 0.2) is 0 Å². The summed E-state index contributed by atoms with van der Waals surface area (Å²) in [6.45, 7) is 7.99. The maximum absolute atomic E-state index is 13.5. The molecule has 3 amide bonds. The van der Waals surface area contributed by atoms with Gasteiger partial charge in [-0.1, -0.05) is 44.5 Å². The molecule has 0 radical (unpaired) electrons. The largest absolute Gasteiger partial charge is 0.323 e. The predicted molar refractivity (Wildman–Crippen MR) is 107 cm³/mol. The molecule has 0 unspecified atom stereocenters. The van der Waals surface area contributed by atoms with E-state index >= 15 is 0 Å². The Balaban J connectivity index is 1.89. The normalized spacial score (nSPS) is 32.3. The number of amides is 3. The van der Waals surface area contributed by atoms with E-state index in [-0.39, 0.29) is 29.8 Å². The molecule has 3 heterocycles. The molecule has 150 valence electrons. The molecule has 3 aliphatic rings. The molecular formula is C21H26ClN3O3. The molecule has 2 N–H and O–H groups in total. The van der Waals surface area contributed by atoms with E-state index in [9.17, 15) is 14.4 Å². The van der Waals surface area contributed by atoms with Gasteiger partial charge >= 0.3 is 0 Å². The third-order valence-electron chi connectivity index (χ3n) is 6.49. The van der Waals surface area contributed by atoms with Crippen LogP contribution in [0.1, 0.15) is 46.1 Å². The first-order valence-corrected chi connectivity index (χ1v) is 10.4. The van der Waals surface area contributed by atoms with Crippen LogP contribution in [-0.2, 0) is 19.9 Å². The van der Waals surface area contributed by atoms with Crippen molar-refractivity contribution in [2.24, 2.45) is 17.8 Å². The highest BCUT2D eigenvalue weighted by atomic mass is 35.5. The minimum absolute atomic E-state index is 0.164. The highest BCUT2D eigenvalue weighted by Crippen LogP contribution is 2.55. The van der Waals surface area contributed by atoms with Gasteiger partial charge in [0.2, 0.25) is 17.7 Å². The van der Waals surface area contributed by atoms with Crippen LogP contribution in [-0.4, -0.2) is 34.7 Å². The second-order valence-corrected chi connectivity index (χ2v) is 9.02. The highest BCUT2D eigenvalue weighted by molar-refractivity contribution is 6.35. The van der Waals surface area contributed by atoms with Crippen molar-refractivity contribution < 1.29 is 14.4 Å². The third kappa shape index (κ3) is 2.40. The maximum atomic E-state index is 13.5. The maximum Gasteiger partial charge on any atom is 0.250 e. The summed E-state index contributed by atoms with van der Waals surface area (Å²) < 4.78 is 0. The summed E-state index contributed by atoms with van der Waals surface area (Å²) in [6, 6.07) is 4.88. The fourth-order valence-electron chi connectivity index (χ4n) is 5.14. The Kier molecular flexibility index (Phi) is 4.55. The van der Waals surface area contributed by atoms with Crippen LogP contribution in [0.15, 0.2) is 18.2 Å². The van der Waals surface area contributed by atoms with Gasteiger partial charge in [-0.25, -0.2) is 0 Å². The average Bonchev–Trinajstić information content (AvgIpc) is 3.21. The van der Waals surface area contributed by atoms with Crippen molar-refractivity contribution in [2.45, 2.75) is 58.2 Å². The molecule has 5 atom stereocenters. The number of nitrogens with zero attached hydrogens (tertiary/aromatic N) is 1. The number of hydrogen-bond acceptors (Lipinski definition) is 4. The van der Waals surface area contributed by atoms with Gasteiger partial charge in [-0.3, -0.25) is 24.6 Å². The fraction of sp³-hybridized carbons (Fsp3) is 0.571. The first-order chi connectivity index (χ1) is 13.2. The zero-order chi connectivity index (χ0) is 20.4. The number of halogens is 1. The summed E-state index contributed by atoms with van der Waals surface area (Å²) in [4.78, 5) is 41.5. The number of nitrogens with one attached hydrogen (secondary N) is 2. The molecule has 2 saturated heterocycles. The highest BCUT2D eigenvalue weighted by Gasteiger charge is 2.70. The summed E-state index contributed by atoms with van der Waals surface area (Å²) >= 11 is 6.32. The van der Waals surface area contributed by atoms with Gasteiger partial charge in [-0.15, -0.1) is 0 Å². The van der Waals surface area contributed by atoms with Crippen LogP contribution >= 0.6 is 11.6 Å². The van der Waals surface area contributed by atoms with Crippen LogP contribution in [0.2, 0.25) is 5.02 Å². The van der Waals surface area contributed by atoms with E-state index < -0.39 is 17.4 Å². The molecule has 28 heavy (non-hydrogen) atoms. The van der Waals surface area contributed by atoms with Crippen molar-refractivity contribution >= 4 is 35.0 Å². The number of carbonyl (C=O) groups is 3. The Morgan fingerprint density at radius 2 is 1.89 bits per heavy atom. The van der Waals surface area contributed by atoms with E-state index in [0.717, 1.165) is 0 Å². The summed E-state index contributed by atoms with van der Waals surface area (Å²) in [5.41, 5.74) is -0.0503. The number of likely N-dealkylation sites (tertiary alicyclic amines) is 1. The molecule has 0 saturated carbocycles. The lowest BCUT2D eigenvalue weighted by atomic mass is 9.76. The molecule has 1 aromatic rings. The molecule has 3 aliphatic heterocycles. The van der Waals surface area contributed by atoms with E-state index in [0.29, 0.717) is 35.0 Å². The molecule has 2 fully saturated rings. The van der Waals surface area contributed by atoms with Crippen LogP contribution in [0, 0.1) is 17.8 Å². The minimum atomic E-state index is -1.25. The smallest absolute Gasteiger partial charge is 0.250 e. The number of carbonyl (C=O) groups excluding carboxylic acids is 3. The van der Waals surface area contributed by atoms with E-state index in [1.54, 1.807) is 12.1 Å². The van der Waals surface area contributed by atoms with Crippen molar-refractivity contribution in [2.75, 3.05) is 5.32 Å². The lowest BCUT2D eigenvalue weighted by Gasteiger charge is -2.31. The van der Waals surface area contributed by atoms with Gasteiger partial charge in [0.05, 0.1) is 22.5 Å². The number of anilines is 1. The standard InChI is InChI=1S/C21H26ClN3O3/c1-5-11(4)25-18(26)15-14(9-10(2)3)24-21(16(15)19(25)27)12-7-6-8-13(22)17(12)23-20(21)28/h6-8,10-11,14-16,24H,5,9H2,1-4H3,(H,23,28)/t11-,14-,15+,16+,21+/m0/s1. The summed E-state index contributed by atoms with van der Waals surface area (Å²) in [6.07, 6.45) is 1.39.